The lowest BCUT2D eigenvalue weighted by atomic mass is 10.0. The molecule has 2 aliphatic carbocycles. The minimum atomic E-state index is 0.392. The van der Waals surface area contributed by atoms with Crippen LogP contribution < -0.4 is 10.2 Å². The standard InChI is InChI=1S/C17H25BrN2/c1-12(19-2)16-9-15(18)7-8-17(16)20(10-13-3-4-13)11-14-5-6-14/h7-9,12-14,19H,3-6,10-11H2,1-2H3. The Labute approximate surface area is 131 Å². The summed E-state index contributed by atoms with van der Waals surface area (Å²) in [5, 5.41) is 3.39. The lowest BCUT2D eigenvalue weighted by molar-refractivity contribution is 0.633. The number of nitrogens with one attached hydrogen (secondary N) is 1. The molecule has 0 amide bonds. The Morgan fingerprint density at radius 1 is 1.20 bits per heavy atom. The molecule has 2 nitrogen and oxygen atoms in total. The lowest BCUT2D eigenvalue weighted by Gasteiger charge is -2.29. The molecule has 1 aromatic rings. The average molecular weight is 337 g/mol. The van der Waals surface area contributed by atoms with Crippen molar-refractivity contribution in [1.82, 2.24) is 5.32 Å². The second-order valence-corrected chi connectivity index (χ2v) is 7.42. The zero-order valence-electron chi connectivity index (χ0n) is 12.5. The van der Waals surface area contributed by atoms with Gasteiger partial charge in [-0.2, -0.15) is 0 Å². The Balaban J connectivity index is 1.86. The SMILES string of the molecule is CNC(C)c1cc(Br)ccc1N(CC1CC1)CC1CC1. The first-order valence-electron chi connectivity index (χ1n) is 7.89. The summed E-state index contributed by atoms with van der Waals surface area (Å²) in [6.07, 6.45) is 5.70. The Hall–Kier alpha value is -0.540. The van der Waals surface area contributed by atoms with Gasteiger partial charge >= 0.3 is 0 Å². The normalized spacial score (nSPS) is 19.9. The molecule has 0 saturated heterocycles. The summed E-state index contributed by atoms with van der Waals surface area (Å²) in [5.74, 6) is 1.88. The highest BCUT2D eigenvalue weighted by Crippen LogP contribution is 2.38. The van der Waals surface area contributed by atoms with Crippen molar-refractivity contribution in [2.45, 2.75) is 38.6 Å². The van der Waals surface area contributed by atoms with Gasteiger partial charge in [-0.3, -0.25) is 0 Å². The van der Waals surface area contributed by atoms with Crippen LogP contribution in [0.5, 0.6) is 0 Å². The van der Waals surface area contributed by atoms with Gasteiger partial charge in [0.05, 0.1) is 0 Å². The summed E-state index contributed by atoms with van der Waals surface area (Å²) in [4.78, 5) is 2.66. The lowest BCUT2D eigenvalue weighted by Crippen LogP contribution is -2.30. The summed E-state index contributed by atoms with van der Waals surface area (Å²) in [6.45, 7) is 4.75. The number of nitrogens with zero attached hydrogens (tertiary/aromatic N) is 1. The summed E-state index contributed by atoms with van der Waals surface area (Å²) in [7, 11) is 2.04. The average Bonchev–Trinajstić information content (AvgIpc) is 3.32. The maximum atomic E-state index is 3.62. The molecule has 1 N–H and O–H groups in total. The van der Waals surface area contributed by atoms with Gasteiger partial charge in [0.15, 0.2) is 0 Å². The highest BCUT2D eigenvalue weighted by Gasteiger charge is 2.30. The van der Waals surface area contributed by atoms with Crippen molar-refractivity contribution in [2.75, 3.05) is 25.0 Å². The molecule has 0 aliphatic heterocycles. The topological polar surface area (TPSA) is 15.3 Å². The molecule has 1 aromatic carbocycles. The van der Waals surface area contributed by atoms with Crippen molar-refractivity contribution >= 4 is 21.6 Å². The fourth-order valence-corrected chi connectivity index (χ4v) is 3.19. The van der Waals surface area contributed by atoms with E-state index in [1.165, 1.54) is 54.5 Å². The maximum Gasteiger partial charge on any atom is 0.0415 e. The van der Waals surface area contributed by atoms with Crippen molar-refractivity contribution in [3.8, 4) is 0 Å². The molecule has 2 aliphatic rings. The van der Waals surface area contributed by atoms with Crippen molar-refractivity contribution < 1.29 is 0 Å². The van der Waals surface area contributed by atoms with E-state index in [0.29, 0.717) is 6.04 Å². The number of hydrogen-bond acceptors (Lipinski definition) is 2. The molecule has 0 radical (unpaired) electrons. The molecule has 0 spiro atoms. The van der Waals surface area contributed by atoms with Crippen molar-refractivity contribution in [1.29, 1.82) is 0 Å². The summed E-state index contributed by atoms with van der Waals surface area (Å²) >= 11 is 3.62. The molecule has 1 unspecified atom stereocenters. The van der Waals surface area contributed by atoms with E-state index in [2.05, 4.69) is 51.3 Å². The van der Waals surface area contributed by atoms with Crippen LogP contribution in [0.1, 0.15) is 44.2 Å². The molecule has 3 heteroatoms. The number of halogens is 1. The van der Waals surface area contributed by atoms with Gasteiger partial charge in [0.1, 0.15) is 0 Å². The third kappa shape index (κ3) is 3.56. The van der Waals surface area contributed by atoms with Gasteiger partial charge in [-0.1, -0.05) is 15.9 Å². The smallest absolute Gasteiger partial charge is 0.0415 e. The van der Waals surface area contributed by atoms with Crippen LogP contribution in [0.4, 0.5) is 5.69 Å². The highest BCUT2D eigenvalue weighted by molar-refractivity contribution is 9.10. The summed E-state index contributed by atoms with van der Waals surface area (Å²) < 4.78 is 1.18. The molecule has 0 aromatic heterocycles. The van der Waals surface area contributed by atoms with Crippen LogP contribution in [0.3, 0.4) is 0 Å². The summed E-state index contributed by atoms with van der Waals surface area (Å²) in [6, 6.07) is 7.17. The first kappa shape index (κ1) is 14.4. The molecule has 3 rings (SSSR count). The third-order valence-electron chi connectivity index (χ3n) is 4.58. The Bertz CT molecular complexity index is 452. The minimum absolute atomic E-state index is 0.392. The van der Waals surface area contributed by atoms with E-state index in [0.717, 1.165) is 11.8 Å². The largest absolute Gasteiger partial charge is 0.371 e. The van der Waals surface area contributed by atoms with E-state index in [9.17, 15) is 0 Å². The fraction of sp³-hybridized carbons (Fsp3) is 0.647. The van der Waals surface area contributed by atoms with Gasteiger partial charge in [-0.25, -0.2) is 0 Å². The van der Waals surface area contributed by atoms with Gasteiger partial charge in [0, 0.05) is 29.3 Å². The predicted molar refractivity (Wildman–Crippen MR) is 89.3 cm³/mol. The van der Waals surface area contributed by atoms with E-state index >= 15 is 0 Å². The minimum Gasteiger partial charge on any atom is -0.371 e. The third-order valence-corrected chi connectivity index (χ3v) is 5.07. The van der Waals surface area contributed by atoms with E-state index < -0.39 is 0 Å². The van der Waals surface area contributed by atoms with Gasteiger partial charge < -0.3 is 10.2 Å². The van der Waals surface area contributed by atoms with Gasteiger partial charge in [-0.05, 0) is 75.3 Å². The Morgan fingerprint density at radius 2 is 1.80 bits per heavy atom. The second-order valence-electron chi connectivity index (χ2n) is 6.51. The quantitative estimate of drug-likeness (QED) is 0.795. The molecule has 2 fully saturated rings. The monoisotopic (exact) mass is 336 g/mol. The predicted octanol–water partition coefficient (Wildman–Crippen LogP) is 4.36. The van der Waals surface area contributed by atoms with Gasteiger partial charge in [0.25, 0.3) is 0 Å². The molecule has 2 saturated carbocycles. The Kier molecular flexibility index (Phi) is 4.37. The fourth-order valence-electron chi connectivity index (χ4n) is 2.81. The molecular weight excluding hydrogens is 312 g/mol. The highest BCUT2D eigenvalue weighted by atomic mass is 79.9. The van der Waals surface area contributed by atoms with Crippen LogP contribution in [-0.4, -0.2) is 20.1 Å². The van der Waals surface area contributed by atoms with Crippen LogP contribution in [0.2, 0.25) is 0 Å². The Morgan fingerprint density at radius 3 is 2.30 bits per heavy atom. The number of rotatable bonds is 7. The van der Waals surface area contributed by atoms with E-state index in [1.807, 2.05) is 7.05 Å². The van der Waals surface area contributed by atoms with Crippen LogP contribution in [-0.2, 0) is 0 Å². The van der Waals surface area contributed by atoms with E-state index in [1.54, 1.807) is 0 Å². The molecule has 1 atom stereocenters. The number of anilines is 1. The van der Waals surface area contributed by atoms with Crippen LogP contribution in [0.15, 0.2) is 22.7 Å². The van der Waals surface area contributed by atoms with E-state index in [4.69, 9.17) is 0 Å². The first-order valence-corrected chi connectivity index (χ1v) is 8.68. The second kappa shape index (κ2) is 6.07. The summed E-state index contributed by atoms with van der Waals surface area (Å²) in [5.41, 5.74) is 2.86. The van der Waals surface area contributed by atoms with Crippen LogP contribution >= 0.6 is 15.9 Å². The van der Waals surface area contributed by atoms with Gasteiger partial charge in [0.2, 0.25) is 0 Å². The zero-order valence-corrected chi connectivity index (χ0v) is 14.1. The first-order chi connectivity index (χ1) is 9.67. The van der Waals surface area contributed by atoms with Crippen molar-refractivity contribution in [2.24, 2.45) is 11.8 Å². The molecular formula is C17H25BrN2. The molecule has 0 heterocycles. The molecule has 0 bridgehead atoms. The van der Waals surface area contributed by atoms with Crippen molar-refractivity contribution in [3.63, 3.8) is 0 Å². The van der Waals surface area contributed by atoms with Crippen LogP contribution in [0.25, 0.3) is 0 Å². The van der Waals surface area contributed by atoms with Crippen molar-refractivity contribution in [3.05, 3.63) is 28.2 Å². The molecule has 20 heavy (non-hydrogen) atoms. The van der Waals surface area contributed by atoms with Gasteiger partial charge in [-0.15, -0.1) is 0 Å². The zero-order chi connectivity index (χ0) is 14.1. The molecule has 110 valence electrons. The number of hydrogen-bond donors (Lipinski definition) is 1. The number of benzene rings is 1. The van der Waals surface area contributed by atoms with Crippen LogP contribution in [0, 0.1) is 11.8 Å². The maximum absolute atomic E-state index is 3.62. The van der Waals surface area contributed by atoms with E-state index in [-0.39, 0.29) is 0 Å².